The van der Waals surface area contributed by atoms with Crippen molar-refractivity contribution in [1.82, 2.24) is 9.88 Å². The molecule has 1 saturated heterocycles. The van der Waals surface area contributed by atoms with E-state index in [0.717, 1.165) is 42.3 Å². The number of halogens is 1. The molecule has 5 heteroatoms. The monoisotopic (exact) mass is 428 g/mol. The van der Waals surface area contributed by atoms with Gasteiger partial charge in [-0.1, -0.05) is 40.2 Å². The van der Waals surface area contributed by atoms with Crippen LogP contribution in [0, 0.1) is 0 Å². The maximum absolute atomic E-state index is 12.5. The molecule has 0 N–H and O–H groups in total. The molecule has 0 saturated carbocycles. The summed E-state index contributed by atoms with van der Waals surface area (Å²) >= 11 is 5.29. The molecule has 0 bridgehead atoms. The normalized spacial score (nSPS) is 15.5. The van der Waals surface area contributed by atoms with Crippen LogP contribution in [0.2, 0.25) is 0 Å². The first-order chi connectivity index (χ1) is 12.7. The number of hydrogen-bond acceptors (Lipinski definition) is 3. The molecule has 1 fully saturated rings. The zero-order valence-corrected chi connectivity index (χ0v) is 16.9. The molecule has 1 amide bonds. The fourth-order valence-corrected chi connectivity index (χ4v) is 5.13. The van der Waals surface area contributed by atoms with Crippen LogP contribution in [0.3, 0.4) is 0 Å². The smallest absolute Gasteiger partial charge is 0.222 e. The van der Waals surface area contributed by atoms with Crippen molar-refractivity contribution in [3.8, 4) is 0 Å². The van der Waals surface area contributed by atoms with Crippen molar-refractivity contribution in [3.63, 3.8) is 0 Å². The number of rotatable bonds is 4. The second-order valence-corrected chi connectivity index (χ2v) is 8.78. The van der Waals surface area contributed by atoms with Gasteiger partial charge in [0.25, 0.3) is 0 Å². The summed E-state index contributed by atoms with van der Waals surface area (Å²) in [7, 11) is 0. The van der Waals surface area contributed by atoms with E-state index < -0.39 is 0 Å². The van der Waals surface area contributed by atoms with Crippen LogP contribution in [-0.2, 0) is 11.2 Å². The molecule has 26 heavy (non-hydrogen) atoms. The van der Waals surface area contributed by atoms with Crippen LogP contribution in [0.15, 0.2) is 53.0 Å². The number of benzene rings is 2. The Bertz CT molecular complexity index is 882. The maximum atomic E-state index is 12.5. The summed E-state index contributed by atoms with van der Waals surface area (Å²) in [6.45, 7) is 1.69. The van der Waals surface area contributed by atoms with Crippen molar-refractivity contribution >= 4 is 43.4 Å². The number of para-hydroxylation sites is 1. The van der Waals surface area contributed by atoms with Gasteiger partial charge in [-0.3, -0.25) is 4.79 Å². The van der Waals surface area contributed by atoms with Crippen LogP contribution in [0.4, 0.5) is 0 Å². The highest BCUT2D eigenvalue weighted by Crippen LogP contribution is 2.33. The number of nitrogens with zero attached hydrogens (tertiary/aromatic N) is 2. The van der Waals surface area contributed by atoms with Gasteiger partial charge in [0.2, 0.25) is 5.91 Å². The minimum atomic E-state index is 0.271. The lowest BCUT2D eigenvalue weighted by molar-refractivity contribution is -0.132. The molecule has 2 heterocycles. The summed E-state index contributed by atoms with van der Waals surface area (Å²) in [5.41, 5.74) is 2.30. The van der Waals surface area contributed by atoms with Crippen LogP contribution in [0.1, 0.15) is 35.8 Å². The van der Waals surface area contributed by atoms with Crippen molar-refractivity contribution in [2.45, 2.75) is 31.6 Å². The quantitative estimate of drug-likeness (QED) is 0.557. The summed E-state index contributed by atoms with van der Waals surface area (Å²) in [6, 6.07) is 16.5. The van der Waals surface area contributed by atoms with Gasteiger partial charge in [0.05, 0.1) is 15.2 Å². The van der Waals surface area contributed by atoms with Crippen LogP contribution in [0.25, 0.3) is 10.2 Å². The first-order valence-electron chi connectivity index (χ1n) is 9.07. The van der Waals surface area contributed by atoms with Crippen LogP contribution < -0.4 is 0 Å². The van der Waals surface area contributed by atoms with E-state index in [2.05, 4.69) is 46.3 Å². The molecule has 1 aliphatic heterocycles. The Morgan fingerprint density at radius 3 is 2.73 bits per heavy atom. The molecule has 1 aliphatic rings. The number of fused-ring (bicyclic) bond motifs is 1. The number of thiazole rings is 1. The van der Waals surface area contributed by atoms with Crippen molar-refractivity contribution in [2.24, 2.45) is 0 Å². The third-order valence-corrected chi connectivity index (χ3v) is 6.72. The summed E-state index contributed by atoms with van der Waals surface area (Å²) in [5.74, 6) is 0.759. The third-order valence-electron chi connectivity index (χ3n) is 5.02. The van der Waals surface area contributed by atoms with E-state index in [9.17, 15) is 4.79 Å². The number of hydrogen-bond donors (Lipinski definition) is 0. The zero-order chi connectivity index (χ0) is 17.9. The van der Waals surface area contributed by atoms with E-state index in [0.29, 0.717) is 12.3 Å². The molecule has 0 spiro atoms. The molecule has 3 aromatic rings. The van der Waals surface area contributed by atoms with E-state index in [4.69, 9.17) is 4.98 Å². The minimum absolute atomic E-state index is 0.271. The second kappa shape index (κ2) is 7.89. The molecule has 2 aromatic carbocycles. The molecular formula is C21H21BrN2OS. The Hall–Kier alpha value is -1.72. The molecule has 0 radical (unpaired) electrons. The topological polar surface area (TPSA) is 33.2 Å². The fraction of sp³-hybridized carbons (Fsp3) is 0.333. The molecule has 0 atom stereocenters. The number of piperidine rings is 1. The van der Waals surface area contributed by atoms with Gasteiger partial charge in [-0.25, -0.2) is 4.98 Å². The van der Waals surface area contributed by atoms with Gasteiger partial charge in [-0.05, 0) is 49.1 Å². The van der Waals surface area contributed by atoms with Gasteiger partial charge < -0.3 is 4.90 Å². The van der Waals surface area contributed by atoms with Crippen LogP contribution in [0.5, 0.6) is 0 Å². The van der Waals surface area contributed by atoms with Gasteiger partial charge in [0.15, 0.2) is 0 Å². The number of aryl methyl sites for hydroxylation is 1. The minimum Gasteiger partial charge on any atom is -0.343 e. The molecule has 3 nitrogen and oxygen atoms in total. The lowest BCUT2D eigenvalue weighted by Gasteiger charge is -2.31. The van der Waals surface area contributed by atoms with Crippen molar-refractivity contribution < 1.29 is 4.79 Å². The van der Waals surface area contributed by atoms with Gasteiger partial charge in [-0.2, -0.15) is 0 Å². The van der Waals surface area contributed by atoms with Gasteiger partial charge in [0.1, 0.15) is 0 Å². The number of likely N-dealkylation sites (tertiary alicyclic amines) is 1. The Balaban J connectivity index is 1.32. The Morgan fingerprint density at radius 1 is 1.15 bits per heavy atom. The molecule has 0 aliphatic carbocycles. The van der Waals surface area contributed by atoms with E-state index in [-0.39, 0.29) is 5.91 Å². The average Bonchev–Trinajstić information content (AvgIpc) is 3.10. The van der Waals surface area contributed by atoms with Crippen LogP contribution in [-0.4, -0.2) is 28.9 Å². The van der Waals surface area contributed by atoms with E-state index >= 15 is 0 Å². The van der Waals surface area contributed by atoms with Crippen LogP contribution >= 0.6 is 27.3 Å². The standard InChI is InChI=1S/C21H21BrN2OS/c22-17-5-3-4-15(14-17)8-9-20(25)24-12-10-16(11-13-24)21-23-18-6-1-2-7-19(18)26-21/h1-7,14,16H,8-13H2. The molecule has 4 rings (SSSR count). The second-order valence-electron chi connectivity index (χ2n) is 6.80. The van der Waals surface area contributed by atoms with E-state index in [1.54, 1.807) is 11.3 Å². The number of carbonyl (C=O) groups is 1. The molecule has 134 valence electrons. The fourth-order valence-electron chi connectivity index (χ4n) is 3.54. The van der Waals surface area contributed by atoms with Crippen molar-refractivity contribution in [1.29, 1.82) is 0 Å². The summed E-state index contributed by atoms with van der Waals surface area (Å²) in [4.78, 5) is 19.4. The highest BCUT2D eigenvalue weighted by atomic mass is 79.9. The molecule has 1 aromatic heterocycles. The van der Waals surface area contributed by atoms with Gasteiger partial charge in [0, 0.05) is 29.9 Å². The highest BCUT2D eigenvalue weighted by Gasteiger charge is 2.25. The van der Waals surface area contributed by atoms with E-state index in [1.807, 2.05) is 23.1 Å². The molecular weight excluding hydrogens is 408 g/mol. The number of carbonyl (C=O) groups excluding carboxylic acids is 1. The highest BCUT2D eigenvalue weighted by molar-refractivity contribution is 9.10. The number of amides is 1. The zero-order valence-electron chi connectivity index (χ0n) is 14.5. The molecule has 0 unspecified atom stereocenters. The van der Waals surface area contributed by atoms with Crippen molar-refractivity contribution in [2.75, 3.05) is 13.1 Å². The Morgan fingerprint density at radius 2 is 1.96 bits per heavy atom. The largest absolute Gasteiger partial charge is 0.343 e. The lowest BCUT2D eigenvalue weighted by Crippen LogP contribution is -2.38. The van der Waals surface area contributed by atoms with Crippen molar-refractivity contribution in [3.05, 3.63) is 63.6 Å². The Kier molecular flexibility index (Phi) is 5.36. The Labute approximate surface area is 166 Å². The maximum Gasteiger partial charge on any atom is 0.222 e. The first-order valence-corrected chi connectivity index (χ1v) is 10.7. The van der Waals surface area contributed by atoms with E-state index in [1.165, 1.54) is 15.3 Å². The SMILES string of the molecule is O=C(CCc1cccc(Br)c1)N1CCC(c2nc3ccccc3s2)CC1. The van der Waals surface area contributed by atoms with Gasteiger partial charge in [-0.15, -0.1) is 11.3 Å². The summed E-state index contributed by atoms with van der Waals surface area (Å²) in [6.07, 6.45) is 3.42. The predicted molar refractivity (Wildman–Crippen MR) is 111 cm³/mol. The summed E-state index contributed by atoms with van der Waals surface area (Å²) < 4.78 is 2.33. The lowest BCUT2D eigenvalue weighted by atomic mass is 9.97. The summed E-state index contributed by atoms with van der Waals surface area (Å²) in [5, 5.41) is 1.23. The third kappa shape index (κ3) is 3.99. The average molecular weight is 429 g/mol. The van der Waals surface area contributed by atoms with Gasteiger partial charge >= 0.3 is 0 Å². The first kappa shape index (κ1) is 17.7. The number of aromatic nitrogens is 1. The predicted octanol–water partition coefficient (Wildman–Crippen LogP) is 5.40.